The molecule has 1 aliphatic heterocycles. The maximum absolute atomic E-state index is 5.68. The van der Waals surface area contributed by atoms with Crippen LogP contribution in [0.2, 0.25) is 0 Å². The van der Waals surface area contributed by atoms with Crippen molar-refractivity contribution in [3.05, 3.63) is 29.8 Å². The zero-order chi connectivity index (χ0) is 11.1. The fourth-order valence-electron chi connectivity index (χ4n) is 1.98. The molecule has 0 bridgehead atoms. The number of hydrogen-bond donors (Lipinski definition) is 1. The largest absolute Gasteiger partial charge is 0.490 e. The average molecular weight is 216 g/mol. The van der Waals surface area contributed by atoms with Crippen molar-refractivity contribution in [3.63, 3.8) is 0 Å². The molecule has 4 nitrogen and oxygen atoms in total. The summed E-state index contributed by atoms with van der Waals surface area (Å²) in [7, 11) is 0. The molecule has 2 heterocycles. The minimum absolute atomic E-state index is 0.255. The van der Waals surface area contributed by atoms with Crippen LogP contribution in [-0.2, 0) is 6.42 Å². The molecule has 1 aromatic heterocycles. The van der Waals surface area contributed by atoms with Crippen molar-refractivity contribution < 1.29 is 9.26 Å². The maximum Gasteiger partial charge on any atom is 0.169 e. The normalized spacial score (nSPS) is 18.2. The highest BCUT2D eigenvalue weighted by molar-refractivity contribution is 5.63. The van der Waals surface area contributed by atoms with Crippen LogP contribution in [-0.4, -0.2) is 11.3 Å². The smallest absolute Gasteiger partial charge is 0.169 e. The van der Waals surface area contributed by atoms with E-state index in [1.165, 1.54) is 5.56 Å². The molecule has 1 atom stereocenters. The van der Waals surface area contributed by atoms with E-state index in [0.717, 1.165) is 17.7 Å². The Balaban J connectivity index is 2.02. The molecule has 0 saturated carbocycles. The van der Waals surface area contributed by atoms with Gasteiger partial charge in [0.25, 0.3) is 0 Å². The Morgan fingerprint density at radius 2 is 2.25 bits per heavy atom. The first-order valence-corrected chi connectivity index (χ1v) is 5.24. The highest BCUT2D eigenvalue weighted by atomic mass is 16.5. The van der Waals surface area contributed by atoms with Crippen LogP contribution in [0.1, 0.15) is 12.5 Å². The summed E-state index contributed by atoms with van der Waals surface area (Å²) in [6.07, 6.45) is 1.22. The number of nitrogens with two attached hydrogens (primary N) is 1. The van der Waals surface area contributed by atoms with Crippen LogP contribution >= 0.6 is 0 Å². The molecule has 0 aliphatic carbocycles. The van der Waals surface area contributed by atoms with Gasteiger partial charge in [-0.05, 0) is 18.6 Å². The minimum Gasteiger partial charge on any atom is -0.490 e. The monoisotopic (exact) mass is 216 g/mol. The van der Waals surface area contributed by atoms with Gasteiger partial charge in [-0.2, -0.15) is 0 Å². The SMILES string of the molecule is CC1Cc2ccc(-c3cc(N)no3)cc2O1. The van der Waals surface area contributed by atoms with Crippen molar-refractivity contribution in [2.24, 2.45) is 0 Å². The lowest BCUT2D eigenvalue weighted by molar-refractivity contribution is 0.254. The molecule has 3 rings (SSSR count). The number of nitrogens with zero attached hydrogens (tertiary/aromatic N) is 1. The standard InChI is InChI=1S/C12H12N2O2/c1-7-4-8-2-3-9(5-10(8)15-7)11-6-12(13)14-16-11/h2-3,5-7H,4H2,1H3,(H2,13,14). The first-order chi connectivity index (χ1) is 7.72. The van der Waals surface area contributed by atoms with Gasteiger partial charge in [-0.1, -0.05) is 17.3 Å². The quantitative estimate of drug-likeness (QED) is 0.794. The topological polar surface area (TPSA) is 61.3 Å². The van der Waals surface area contributed by atoms with Crippen LogP contribution in [0, 0.1) is 0 Å². The van der Waals surface area contributed by atoms with E-state index in [2.05, 4.69) is 18.1 Å². The number of benzene rings is 1. The van der Waals surface area contributed by atoms with Crippen LogP contribution in [0.15, 0.2) is 28.8 Å². The molecule has 1 aromatic carbocycles. The second-order valence-corrected chi connectivity index (χ2v) is 4.07. The Kier molecular flexibility index (Phi) is 1.89. The number of aromatic nitrogens is 1. The second kappa shape index (κ2) is 3.27. The lowest BCUT2D eigenvalue weighted by Crippen LogP contribution is -2.05. The van der Waals surface area contributed by atoms with Crippen molar-refractivity contribution in [2.75, 3.05) is 5.73 Å². The Morgan fingerprint density at radius 1 is 1.38 bits per heavy atom. The molecule has 82 valence electrons. The third kappa shape index (κ3) is 1.43. The molecular formula is C12H12N2O2. The van der Waals surface area contributed by atoms with Gasteiger partial charge in [0.1, 0.15) is 11.9 Å². The number of hydrogen-bond acceptors (Lipinski definition) is 4. The number of fused-ring (bicyclic) bond motifs is 1. The molecule has 0 radical (unpaired) electrons. The highest BCUT2D eigenvalue weighted by Crippen LogP contribution is 2.33. The highest BCUT2D eigenvalue weighted by Gasteiger charge is 2.19. The Hall–Kier alpha value is -1.97. The summed E-state index contributed by atoms with van der Waals surface area (Å²) in [5.41, 5.74) is 7.70. The molecule has 1 unspecified atom stereocenters. The molecule has 2 aromatic rings. The lowest BCUT2D eigenvalue weighted by Gasteiger charge is -2.03. The van der Waals surface area contributed by atoms with Gasteiger partial charge in [0, 0.05) is 18.1 Å². The van der Waals surface area contributed by atoms with Gasteiger partial charge < -0.3 is 15.0 Å². The average Bonchev–Trinajstić information content (AvgIpc) is 2.81. The summed E-state index contributed by atoms with van der Waals surface area (Å²) in [4.78, 5) is 0. The van der Waals surface area contributed by atoms with E-state index in [9.17, 15) is 0 Å². The Morgan fingerprint density at radius 3 is 3.00 bits per heavy atom. The molecule has 0 spiro atoms. The second-order valence-electron chi connectivity index (χ2n) is 4.07. The predicted octanol–water partition coefficient (Wildman–Crippen LogP) is 2.25. The van der Waals surface area contributed by atoms with Crippen molar-refractivity contribution >= 4 is 5.82 Å². The van der Waals surface area contributed by atoms with E-state index in [-0.39, 0.29) is 6.10 Å². The summed E-state index contributed by atoms with van der Waals surface area (Å²) >= 11 is 0. The molecule has 1 aliphatic rings. The zero-order valence-corrected chi connectivity index (χ0v) is 8.93. The fraction of sp³-hybridized carbons (Fsp3) is 0.250. The van der Waals surface area contributed by atoms with Gasteiger partial charge in [0.15, 0.2) is 11.6 Å². The first-order valence-electron chi connectivity index (χ1n) is 5.24. The van der Waals surface area contributed by atoms with E-state index in [0.29, 0.717) is 11.6 Å². The van der Waals surface area contributed by atoms with Crippen LogP contribution in [0.25, 0.3) is 11.3 Å². The number of ether oxygens (including phenoxy) is 1. The third-order valence-corrected chi connectivity index (χ3v) is 2.72. The number of rotatable bonds is 1. The van der Waals surface area contributed by atoms with Crippen LogP contribution in [0.3, 0.4) is 0 Å². The predicted molar refractivity (Wildman–Crippen MR) is 60.1 cm³/mol. The van der Waals surface area contributed by atoms with Gasteiger partial charge in [0.05, 0.1) is 0 Å². The van der Waals surface area contributed by atoms with E-state index in [1.54, 1.807) is 6.07 Å². The Bertz CT molecular complexity index is 534. The summed E-state index contributed by atoms with van der Waals surface area (Å²) in [6, 6.07) is 7.74. The van der Waals surface area contributed by atoms with Crippen molar-refractivity contribution in [2.45, 2.75) is 19.4 Å². The fourth-order valence-corrected chi connectivity index (χ4v) is 1.98. The van der Waals surface area contributed by atoms with Gasteiger partial charge in [-0.15, -0.1) is 0 Å². The lowest BCUT2D eigenvalue weighted by atomic mass is 10.1. The van der Waals surface area contributed by atoms with Crippen molar-refractivity contribution in [1.82, 2.24) is 5.16 Å². The van der Waals surface area contributed by atoms with Crippen LogP contribution < -0.4 is 10.5 Å². The minimum atomic E-state index is 0.255. The maximum atomic E-state index is 5.68. The summed E-state index contributed by atoms with van der Waals surface area (Å²) in [5.74, 6) is 1.99. The van der Waals surface area contributed by atoms with Crippen molar-refractivity contribution in [3.8, 4) is 17.1 Å². The van der Waals surface area contributed by atoms with Gasteiger partial charge >= 0.3 is 0 Å². The van der Waals surface area contributed by atoms with Gasteiger partial charge in [-0.25, -0.2) is 0 Å². The first kappa shape index (κ1) is 9.27. The van der Waals surface area contributed by atoms with E-state index in [4.69, 9.17) is 15.0 Å². The molecule has 16 heavy (non-hydrogen) atoms. The molecule has 0 saturated heterocycles. The zero-order valence-electron chi connectivity index (χ0n) is 8.93. The van der Waals surface area contributed by atoms with E-state index in [1.807, 2.05) is 12.1 Å². The molecule has 4 heteroatoms. The summed E-state index contributed by atoms with van der Waals surface area (Å²) in [5, 5.41) is 3.66. The van der Waals surface area contributed by atoms with E-state index < -0.39 is 0 Å². The van der Waals surface area contributed by atoms with Gasteiger partial charge in [0.2, 0.25) is 0 Å². The van der Waals surface area contributed by atoms with Crippen LogP contribution in [0.4, 0.5) is 5.82 Å². The van der Waals surface area contributed by atoms with Gasteiger partial charge in [-0.3, -0.25) is 0 Å². The number of anilines is 1. The molecular weight excluding hydrogens is 204 g/mol. The number of nitrogen functional groups attached to an aromatic ring is 1. The Labute approximate surface area is 93.0 Å². The third-order valence-electron chi connectivity index (χ3n) is 2.72. The summed E-state index contributed by atoms with van der Waals surface area (Å²) in [6.45, 7) is 2.06. The molecule has 0 amide bonds. The van der Waals surface area contributed by atoms with E-state index >= 15 is 0 Å². The van der Waals surface area contributed by atoms with Crippen LogP contribution in [0.5, 0.6) is 5.75 Å². The van der Waals surface area contributed by atoms with Crippen molar-refractivity contribution in [1.29, 1.82) is 0 Å². The molecule has 0 fully saturated rings. The summed E-state index contributed by atoms with van der Waals surface area (Å²) < 4.78 is 10.8. The molecule has 2 N–H and O–H groups in total.